The minimum atomic E-state index is -0.727. The Hall–Kier alpha value is -2.54. The number of halogens is 2. The number of hydrogen-bond acceptors (Lipinski definition) is 4. The van der Waals surface area contributed by atoms with Gasteiger partial charge in [-0.2, -0.15) is 0 Å². The molecule has 0 fully saturated rings. The van der Waals surface area contributed by atoms with E-state index in [0.717, 1.165) is 46.9 Å². The summed E-state index contributed by atoms with van der Waals surface area (Å²) < 4.78 is 28.9. The zero-order valence-corrected chi connectivity index (χ0v) is 15.2. The summed E-state index contributed by atoms with van der Waals surface area (Å²) in [4.78, 5) is 12.2. The summed E-state index contributed by atoms with van der Waals surface area (Å²) in [5.41, 5.74) is 1.79. The van der Waals surface area contributed by atoms with Gasteiger partial charge >= 0.3 is 0 Å². The van der Waals surface area contributed by atoms with Gasteiger partial charge in [0.15, 0.2) is 16.8 Å². The minimum Gasteiger partial charge on any atom is -0.302 e. The summed E-state index contributed by atoms with van der Waals surface area (Å²) in [5, 5.41) is 8.98. The number of hydrogen-bond donors (Lipinski definition) is 0. The fourth-order valence-corrected chi connectivity index (χ4v) is 3.51. The third kappa shape index (κ3) is 3.67. The SMILES string of the molecule is CCn1c(SCC(=O)c2cc(F)ccc2F)nnc1-c1ccccc1C. The van der Waals surface area contributed by atoms with Crippen LogP contribution in [-0.4, -0.2) is 26.3 Å². The highest BCUT2D eigenvalue weighted by atomic mass is 32.2. The van der Waals surface area contributed by atoms with Gasteiger partial charge in [0.05, 0.1) is 11.3 Å². The Balaban J connectivity index is 1.82. The molecule has 2 aromatic carbocycles. The number of benzene rings is 2. The molecule has 3 aromatic rings. The van der Waals surface area contributed by atoms with Crippen molar-refractivity contribution in [1.29, 1.82) is 0 Å². The molecule has 0 aliphatic rings. The molecular formula is C19H17F2N3OS. The molecule has 0 spiro atoms. The molecule has 1 heterocycles. The van der Waals surface area contributed by atoms with Gasteiger partial charge in [-0.3, -0.25) is 4.79 Å². The van der Waals surface area contributed by atoms with Gasteiger partial charge in [0.1, 0.15) is 11.6 Å². The highest BCUT2D eigenvalue weighted by Crippen LogP contribution is 2.26. The van der Waals surface area contributed by atoms with Crippen molar-refractivity contribution in [2.75, 3.05) is 5.75 Å². The third-order valence-electron chi connectivity index (χ3n) is 3.98. The van der Waals surface area contributed by atoms with E-state index in [9.17, 15) is 13.6 Å². The van der Waals surface area contributed by atoms with E-state index in [1.54, 1.807) is 0 Å². The quantitative estimate of drug-likeness (QED) is 0.471. The molecule has 0 atom stereocenters. The van der Waals surface area contributed by atoms with Crippen molar-refractivity contribution < 1.29 is 13.6 Å². The van der Waals surface area contributed by atoms with Crippen LogP contribution in [0.5, 0.6) is 0 Å². The van der Waals surface area contributed by atoms with Crippen LogP contribution in [0.2, 0.25) is 0 Å². The molecule has 0 saturated heterocycles. The monoisotopic (exact) mass is 373 g/mol. The van der Waals surface area contributed by atoms with Crippen LogP contribution in [0.1, 0.15) is 22.8 Å². The van der Waals surface area contributed by atoms with E-state index in [1.165, 1.54) is 0 Å². The van der Waals surface area contributed by atoms with E-state index in [1.807, 2.05) is 42.7 Å². The van der Waals surface area contributed by atoms with Gasteiger partial charge in [0.25, 0.3) is 0 Å². The molecule has 1 aromatic heterocycles. The number of carbonyl (C=O) groups is 1. The lowest BCUT2D eigenvalue weighted by atomic mass is 10.1. The Morgan fingerprint density at radius 1 is 1.15 bits per heavy atom. The lowest BCUT2D eigenvalue weighted by Gasteiger charge is -2.09. The first-order valence-corrected chi connectivity index (χ1v) is 9.10. The Morgan fingerprint density at radius 3 is 2.65 bits per heavy atom. The zero-order valence-electron chi connectivity index (χ0n) is 14.4. The van der Waals surface area contributed by atoms with Crippen molar-refractivity contribution in [3.63, 3.8) is 0 Å². The number of carbonyl (C=O) groups excluding carboxylic acids is 1. The van der Waals surface area contributed by atoms with E-state index < -0.39 is 17.4 Å². The number of thioether (sulfide) groups is 1. The maximum atomic E-state index is 13.7. The molecular weight excluding hydrogens is 356 g/mol. The molecule has 134 valence electrons. The number of Topliss-reactive ketones (excluding diaryl/α,β-unsaturated/α-hetero) is 1. The molecule has 0 bridgehead atoms. The first kappa shape index (κ1) is 18.3. The predicted molar refractivity (Wildman–Crippen MR) is 97.3 cm³/mol. The molecule has 0 aliphatic carbocycles. The number of aromatic nitrogens is 3. The second-order valence-corrected chi connectivity index (χ2v) is 6.64. The molecule has 0 unspecified atom stereocenters. The van der Waals surface area contributed by atoms with E-state index in [4.69, 9.17) is 0 Å². The van der Waals surface area contributed by atoms with E-state index in [-0.39, 0.29) is 11.3 Å². The van der Waals surface area contributed by atoms with Crippen LogP contribution in [-0.2, 0) is 6.54 Å². The van der Waals surface area contributed by atoms with Gasteiger partial charge in [0, 0.05) is 12.1 Å². The molecule has 0 aliphatic heterocycles. The van der Waals surface area contributed by atoms with Crippen molar-refractivity contribution >= 4 is 17.5 Å². The number of nitrogens with zero attached hydrogens (tertiary/aromatic N) is 3. The normalized spacial score (nSPS) is 10.9. The van der Waals surface area contributed by atoms with Crippen molar-refractivity contribution in [1.82, 2.24) is 14.8 Å². The number of ketones is 1. The van der Waals surface area contributed by atoms with E-state index in [0.29, 0.717) is 11.7 Å². The van der Waals surface area contributed by atoms with Crippen LogP contribution in [0.3, 0.4) is 0 Å². The van der Waals surface area contributed by atoms with Crippen LogP contribution >= 0.6 is 11.8 Å². The maximum absolute atomic E-state index is 13.7. The molecule has 0 amide bonds. The van der Waals surface area contributed by atoms with E-state index in [2.05, 4.69) is 10.2 Å². The van der Waals surface area contributed by atoms with Crippen LogP contribution in [0.25, 0.3) is 11.4 Å². The van der Waals surface area contributed by atoms with Gasteiger partial charge in [-0.1, -0.05) is 36.0 Å². The zero-order chi connectivity index (χ0) is 18.7. The first-order valence-electron chi connectivity index (χ1n) is 8.11. The van der Waals surface area contributed by atoms with Crippen molar-refractivity contribution in [3.8, 4) is 11.4 Å². The summed E-state index contributed by atoms with van der Waals surface area (Å²) in [6.45, 7) is 4.58. The van der Waals surface area contributed by atoms with E-state index >= 15 is 0 Å². The van der Waals surface area contributed by atoms with Gasteiger partial charge in [-0.05, 0) is 37.6 Å². The molecule has 0 saturated carbocycles. The summed E-state index contributed by atoms with van der Waals surface area (Å²) in [6.07, 6.45) is 0. The van der Waals surface area contributed by atoms with Gasteiger partial charge in [-0.25, -0.2) is 8.78 Å². The second kappa shape index (κ2) is 7.78. The van der Waals surface area contributed by atoms with Crippen molar-refractivity contribution in [2.24, 2.45) is 0 Å². The Labute approximate surface area is 154 Å². The summed E-state index contributed by atoms with van der Waals surface area (Å²) in [6, 6.07) is 10.7. The smallest absolute Gasteiger partial charge is 0.191 e. The Morgan fingerprint density at radius 2 is 1.92 bits per heavy atom. The average Bonchev–Trinajstić information content (AvgIpc) is 3.04. The predicted octanol–water partition coefficient (Wildman–Crippen LogP) is 4.53. The van der Waals surface area contributed by atoms with Crippen LogP contribution in [0.4, 0.5) is 8.78 Å². The largest absolute Gasteiger partial charge is 0.302 e. The number of rotatable bonds is 6. The second-order valence-electron chi connectivity index (χ2n) is 5.70. The summed E-state index contributed by atoms with van der Waals surface area (Å²) >= 11 is 1.16. The molecule has 3 rings (SSSR count). The summed E-state index contributed by atoms with van der Waals surface area (Å²) in [7, 11) is 0. The average molecular weight is 373 g/mol. The molecule has 26 heavy (non-hydrogen) atoms. The standard InChI is InChI=1S/C19H17F2N3OS/c1-3-24-18(14-7-5-4-6-12(14)2)22-23-19(24)26-11-17(25)15-10-13(20)8-9-16(15)21/h4-10H,3,11H2,1-2H3. The van der Waals surface area contributed by atoms with Gasteiger partial charge < -0.3 is 4.57 Å². The Kier molecular flexibility index (Phi) is 5.46. The minimum absolute atomic E-state index is 0.0493. The topological polar surface area (TPSA) is 47.8 Å². The Bertz CT molecular complexity index is 956. The van der Waals surface area contributed by atoms with Crippen molar-refractivity contribution in [3.05, 3.63) is 65.2 Å². The maximum Gasteiger partial charge on any atom is 0.191 e. The fourth-order valence-electron chi connectivity index (χ4n) is 2.62. The number of aryl methyl sites for hydroxylation is 1. The lowest BCUT2D eigenvalue weighted by Crippen LogP contribution is -2.07. The van der Waals surface area contributed by atoms with Crippen LogP contribution < -0.4 is 0 Å². The summed E-state index contributed by atoms with van der Waals surface area (Å²) in [5.74, 6) is -1.19. The van der Waals surface area contributed by atoms with Crippen LogP contribution in [0.15, 0.2) is 47.6 Å². The fraction of sp³-hybridized carbons (Fsp3) is 0.211. The van der Waals surface area contributed by atoms with Crippen LogP contribution in [0, 0.1) is 18.6 Å². The van der Waals surface area contributed by atoms with Gasteiger partial charge in [-0.15, -0.1) is 10.2 Å². The first-order chi connectivity index (χ1) is 12.5. The van der Waals surface area contributed by atoms with Crippen molar-refractivity contribution in [2.45, 2.75) is 25.5 Å². The molecule has 0 radical (unpaired) electrons. The molecule has 7 heteroatoms. The third-order valence-corrected chi connectivity index (χ3v) is 4.95. The molecule has 0 N–H and O–H groups in total. The molecule has 4 nitrogen and oxygen atoms in total. The highest BCUT2D eigenvalue weighted by Gasteiger charge is 2.18. The van der Waals surface area contributed by atoms with Gasteiger partial charge in [0.2, 0.25) is 0 Å². The lowest BCUT2D eigenvalue weighted by molar-refractivity contribution is 0.101. The highest BCUT2D eigenvalue weighted by molar-refractivity contribution is 7.99.